The van der Waals surface area contributed by atoms with Crippen LogP contribution in [0.4, 0.5) is 5.69 Å². The highest BCUT2D eigenvalue weighted by Crippen LogP contribution is 2.32. The maximum atomic E-state index is 12.2. The maximum Gasteiger partial charge on any atom is 0.241 e. The highest BCUT2D eigenvalue weighted by molar-refractivity contribution is 6.35. The molecule has 0 spiro atoms. The SMILES string of the molecule is Cc1cc(Cl)c(NC(=O)[C@H](N)CC(C)C)c2cccnc12. The van der Waals surface area contributed by atoms with Gasteiger partial charge in [-0.05, 0) is 43.0 Å². The van der Waals surface area contributed by atoms with E-state index in [4.69, 9.17) is 17.3 Å². The zero-order valence-corrected chi connectivity index (χ0v) is 13.2. The monoisotopic (exact) mass is 305 g/mol. The lowest BCUT2D eigenvalue weighted by Gasteiger charge is -2.16. The van der Waals surface area contributed by atoms with Crippen LogP contribution in [0.3, 0.4) is 0 Å². The minimum Gasteiger partial charge on any atom is -0.323 e. The molecule has 2 rings (SSSR count). The lowest BCUT2D eigenvalue weighted by atomic mass is 10.0. The third kappa shape index (κ3) is 3.52. The normalized spacial score (nSPS) is 12.7. The van der Waals surface area contributed by atoms with E-state index in [1.807, 2.05) is 32.9 Å². The Morgan fingerprint density at radius 1 is 1.48 bits per heavy atom. The Kier molecular flexibility index (Phi) is 4.80. The zero-order chi connectivity index (χ0) is 15.6. The predicted molar refractivity (Wildman–Crippen MR) is 87.6 cm³/mol. The minimum atomic E-state index is -0.547. The van der Waals surface area contributed by atoms with Crippen LogP contribution in [0, 0.1) is 12.8 Å². The van der Waals surface area contributed by atoms with E-state index in [2.05, 4.69) is 10.3 Å². The molecule has 0 aliphatic rings. The van der Waals surface area contributed by atoms with Crippen LogP contribution in [0.15, 0.2) is 24.4 Å². The minimum absolute atomic E-state index is 0.223. The number of amides is 1. The molecule has 0 saturated heterocycles. The summed E-state index contributed by atoms with van der Waals surface area (Å²) in [5.41, 5.74) is 8.30. The summed E-state index contributed by atoms with van der Waals surface area (Å²) in [6.07, 6.45) is 2.35. The van der Waals surface area contributed by atoms with Gasteiger partial charge in [-0.1, -0.05) is 25.4 Å². The molecule has 1 aromatic carbocycles. The average molecular weight is 306 g/mol. The van der Waals surface area contributed by atoms with Crippen molar-refractivity contribution in [3.05, 3.63) is 35.0 Å². The van der Waals surface area contributed by atoms with E-state index in [-0.39, 0.29) is 5.91 Å². The first-order valence-corrected chi connectivity index (χ1v) is 7.38. The van der Waals surface area contributed by atoms with Crippen molar-refractivity contribution in [2.45, 2.75) is 33.2 Å². The van der Waals surface area contributed by atoms with Crippen LogP contribution < -0.4 is 11.1 Å². The molecule has 3 N–H and O–H groups in total. The standard InChI is InChI=1S/C16H20ClN3O/c1-9(2)7-13(18)16(21)20-15-11-5-4-6-19-14(11)10(3)8-12(15)17/h4-6,8-9,13H,7,18H2,1-3H3,(H,20,21)/t13-/m1/s1. The molecule has 2 aromatic rings. The summed E-state index contributed by atoms with van der Waals surface area (Å²) in [5.74, 6) is 0.136. The number of nitrogens with zero attached hydrogens (tertiary/aromatic N) is 1. The highest BCUT2D eigenvalue weighted by atomic mass is 35.5. The number of hydrogen-bond acceptors (Lipinski definition) is 3. The Morgan fingerprint density at radius 2 is 2.19 bits per heavy atom. The van der Waals surface area contributed by atoms with E-state index < -0.39 is 6.04 Å². The molecule has 0 bridgehead atoms. The third-order valence-corrected chi connectivity index (χ3v) is 3.64. The topological polar surface area (TPSA) is 68.0 Å². The molecule has 0 aliphatic heterocycles. The molecule has 1 atom stereocenters. The fraction of sp³-hybridized carbons (Fsp3) is 0.375. The number of benzene rings is 1. The number of nitrogens with one attached hydrogen (secondary N) is 1. The van der Waals surface area contributed by atoms with Gasteiger partial charge in [0.1, 0.15) is 0 Å². The van der Waals surface area contributed by atoms with Gasteiger partial charge in [0, 0.05) is 11.6 Å². The molecule has 0 saturated carbocycles. The van der Waals surface area contributed by atoms with Gasteiger partial charge in [-0.25, -0.2) is 0 Å². The molecule has 0 unspecified atom stereocenters. The molecular formula is C16H20ClN3O. The van der Waals surface area contributed by atoms with Crippen molar-refractivity contribution in [2.24, 2.45) is 11.7 Å². The maximum absolute atomic E-state index is 12.2. The number of aromatic nitrogens is 1. The van der Waals surface area contributed by atoms with Crippen molar-refractivity contribution in [3.8, 4) is 0 Å². The van der Waals surface area contributed by atoms with Crippen molar-refractivity contribution >= 4 is 34.1 Å². The van der Waals surface area contributed by atoms with Crippen LogP contribution in [-0.2, 0) is 4.79 Å². The van der Waals surface area contributed by atoms with Gasteiger partial charge in [0.05, 0.1) is 22.3 Å². The average Bonchev–Trinajstić information content (AvgIpc) is 2.42. The number of hydrogen-bond donors (Lipinski definition) is 2. The lowest BCUT2D eigenvalue weighted by molar-refractivity contribution is -0.117. The van der Waals surface area contributed by atoms with Crippen molar-refractivity contribution < 1.29 is 4.79 Å². The van der Waals surface area contributed by atoms with Gasteiger partial charge in [-0.15, -0.1) is 0 Å². The smallest absolute Gasteiger partial charge is 0.241 e. The van der Waals surface area contributed by atoms with Crippen LogP contribution >= 0.6 is 11.6 Å². The number of carbonyl (C=O) groups is 1. The Labute approximate surface area is 129 Å². The van der Waals surface area contributed by atoms with Crippen molar-refractivity contribution in [1.82, 2.24) is 4.98 Å². The molecule has 4 nitrogen and oxygen atoms in total. The molecule has 1 amide bonds. The second-order valence-electron chi connectivity index (χ2n) is 5.68. The van der Waals surface area contributed by atoms with Gasteiger partial charge in [-0.3, -0.25) is 9.78 Å². The van der Waals surface area contributed by atoms with E-state index in [0.717, 1.165) is 16.5 Å². The summed E-state index contributed by atoms with van der Waals surface area (Å²) in [6, 6.07) is 4.97. The molecule has 1 aromatic heterocycles. The second-order valence-corrected chi connectivity index (χ2v) is 6.08. The summed E-state index contributed by atoms with van der Waals surface area (Å²) in [4.78, 5) is 16.6. The molecule has 21 heavy (non-hydrogen) atoms. The lowest BCUT2D eigenvalue weighted by Crippen LogP contribution is -2.36. The number of nitrogens with two attached hydrogens (primary N) is 1. The zero-order valence-electron chi connectivity index (χ0n) is 12.5. The van der Waals surface area contributed by atoms with Crippen LogP contribution in [0.5, 0.6) is 0 Å². The molecule has 1 heterocycles. The van der Waals surface area contributed by atoms with Gasteiger partial charge in [0.2, 0.25) is 5.91 Å². The summed E-state index contributed by atoms with van der Waals surface area (Å²) in [6.45, 7) is 6.01. The molecule has 0 fully saturated rings. The van der Waals surface area contributed by atoms with Crippen LogP contribution in [0.1, 0.15) is 25.8 Å². The van der Waals surface area contributed by atoms with Crippen LogP contribution in [0.2, 0.25) is 5.02 Å². The molecule has 112 valence electrons. The first-order valence-electron chi connectivity index (χ1n) is 7.00. The number of aryl methyl sites for hydroxylation is 1. The van der Waals surface area contributed by atoms with Crippen molar-refractivity contribution in [2.75, 3.05) is 5.32 Å². The molecular weight excluding hydrogens is 286 g/mol. The molecule has 0 aliphatic carbocycles. The fourth-order valence-corrected chi connectivity index (χ4v) is 2.65. The number of carbonyl (C=O) groups excluding carboxylic acids is 1. The first kappa shape index (κ1) is 15.7. The summed E-state index contributed by atoms with van der Waals surface area (Å²) < 4.78 is 0. The summed E-state index contributed by atoms with van der Waals surface area (Å²) in [5, 5.41) is 4.17. The Morgan fingerprint density at radius 3 is 2.86 bits per heavy atom. The van der Waals surface area contributed by atoms with Gasteiger partial charge >= 0.3 is 0 Å². The number of rotatable bonds is 4. The number of anilines is 1. The number of fused-ring (bicyclic) bond motifs is 1. The van der Waals surface area contributed by atoms with E-state index in [0.29, 0.717) is 23.0 Å². The summed E-state index contributed by atoms with van der Waals surface area (Å²) >= 11 is 6.28. The second kappa shape index (κ2) is 6.41. The molecule has 5 heteroatoms. The van der Waals surface area contributed by atoms with Crippen LogP contribution in [-0.4, -0.2) is 16.9 Å². The fourth-order valence-electron chi connectivity index (χ4n) is 2.34. The molecule has 0 radical (unpaired) electrons. The van der Waals surface area contributed by atoms with E-state index >= 15 is 0 Å². The van der Waals surface area contributed by atoms with Gasteiger partial charge in [0.15, 0.2) is 0 Å². The van der Waals surface area contributed by atoms with E-state index in [1.54, 1.807) is 12.3 Å². The third-order valence-electron chi connectivity index (χ3n) is 3.34. The largest absolute Gasteiger partial charge is 0.323 e. The van der Waals surface area contributed by atoms with Crippen molar-refractivity contribution in [1.29, 1.82) is 0 Å². The van der Waals surface area contributed by atoms with Gasteiger partial charge in [0.25, 0.3) is 0 Å². The van der Waals surface area contributed by atoms with E-state index in [1.165, 1.54) is 0 Å². The Bertz CT molecular complexity index is 670. The van der Waals surface area contributed by atoms with E-state index in [9.17, 15) is 4.79 Å². The summed E-state index contributed by atoms with van der Waals surface area (Å²) in [7, 11) is 0. The number of halogens is 1. The van der Waals surface area contributed by atoms with Crippen LogP contribution in [0.25, 0.3) is 10.9 Å². The van der Waals surface area contributed by atoms with Crippen molar-refractivity contribution in [3.63, 3.8) is 0 Å². The van der Waals surface area contributed by atoms with Gasteiger partial charge in [-0.2, -0.15) is 0 Å². The quantitative estimate of drug-likeness (QED) is 0.908. The Hall–Kier alpha value is -1.65. The van der Waals surface area contributed by atoms with Gasteiger partial charge < -0.3 is 11.1 Å². The predicted octanol–water partition coefficient (Wildman–Crippen LogP) is 3.51. The Balaban J connectivity index is 2.36. The first-order chi connectivity index (χ1) is 9.90. The highest BCUT2D eigenvalue weighted by Gasteiger charge is 2.18. The number of pyridine rings is 1.